The first-order valence-corrected chi connectivity index (χ1v) is 7.28. The van der Waals surface area contributed by atoms with Crippen LogP contribution in [0.1, 0.15) is 37.4 Å². The topological polar surface area (TPSA) is 15.3 Å². The Morgan fingerprint density at radius 3 is 2.33 bits per heavy atom. The molecule has 1 aromatic carbocycles. The van der Waals surface area contributed by atoms with Gasteiger partial charge in [-0.1, -0.05) is 19.9 Å². The van der Waals surface area contributed by atoms with Gasteiger partial charge in [-0.15, -0.1) is 24.8 Å². The van der Waals surface area contributed by atoms with Crippen molar-refractivity contribution in [3.8, 4) is 0 Å². The molecule has 0 aliphatic carbocycles. The lowest BCUT2D eigenvalue weighted by Gasteiger charge is -2.37. The Hall–Kier alpha value is -0.350. The van der Waals surface area contributed by atoms with E-state index >= 15 is 0 Å². The molecule has 0 amide bonds. The second kappa shape index (κ2) is 9.62. The molecule has 0 radical (unpaired) electrons. The van der Waals surface area contributed by atoms with Crippen LogP contribution in [0.5, 0.6) is 0 Å². The predicted octanol–water partition coefficient (Wildman–Crippen LogP) is 3.97. The van der Waals surface area contributed by atoms with E-state index in [1.54, 1.807) is 12.1 Å². The van der Waals surface area contributed by atoms with Gasteiger partial charge in [0.1, 0.15) is 5.82 Å². The molecule has 0 spiro atoms. The number of aryl methyl sites for hydroxylation is 1. The van der Waals surface area contributed by atoms with Crippen molar-refractivity contribution in [3.05, 3.63) is 35.1 Å². The summed E-state index contributed by atoms with van der Waals surface area (Å²) in [5.74, 6) is 0.509. The Bertz CT molecular complexity index is 421. The van der Waals surface area contributed by atoms with Gasteiger partial charge in [0, 0.05) is 32.2 Å². The lowest BCUT2D eigenvalue weighted by molar-refractivity contribution is 0.153. The first-order chi connectivity index (χ1) is 9.08. The van der Waals surface area contributed by atoms with Crippen LogP contribution < -0.4 is 5.32 Å². The second-order valence-electron chi connectivity index (χ2n) is 5.93. The van der Waals surface area contributed by atoms with Crippen LogP contribution in [-0.2, 0) is 0 Å². The number of nitrogens with one attached hydrogen (secondary N) is 1. The van der Waals surface area contributed by atoms with Crippen molar-refractivity contribution in [1.82, 2.24) is 10.2 Å². The number of halogens is 3. The number of rotatable bonds is 4. The Labute approximate surface area is 140 Å². The lowest BCUT2D eigenvalue weighted by Crippen LogP contribution is -2.45. The molecule has 1 aliphatic rings. The molecule has 0 unspecified atom stereocenters. The minimum absolute atomic E-state index is 0. The SMILES string of the molecule is Cc1cc(F)ccc1[C@H](CC(C)C)N1CCNCC1.Cl.Cl. The van der Waals surface area contributed by atoms with Crippen LogP contribution in [0, 0.1) is 18.7 Å². The van der Waals surface area contributed by atoms with Crippen LogP contribution >= 0.6 is 24.8 Å². The van der Waals surface area contributed by atoms with Crippen LogP contribution in [0.2, 0.25) is 0 Å². The van der Waals surface area contributed by atoms with E-state index < -0.39 is 0 Å². The van der Waals surface area contributed by atoms with Crippen molar-refractivity contribution in [3.63, 3.8) is 0 Å². The summed E-state index contributed by atoms with van der Waals surface area (Å²) in [6, 6.07) is 5.64. The highest BCUT2D eigenvalue weighted by Crippen LogP contribution is 2.30. The number of nitrogens with zero attached hydrogens (tertiary/aromatic N) is 1. The van der Waals surface area contributed by atoms with Crippen LogP contribution in [0.3, 0.4) is 0 Å². The highest BCUT2D eigenvalue weighted by molar-refractivity contribution is 5.85. The summed E-state index contributed by atoms with van der Waals surface area (Å²) >= 11 is 0. The van der Waals surface area contributed by atoms with Crippen molar-refractivity contribution < 1.29 is 4.39 Å². The van der Waals surface area contributed by atoms with Crippen molar-refractivity contribution in [1.29, 1.82) is 0 Å². The molecule has 5 heteroatoms. The van der Waals surface area contributed by atoms with Gasteiger partial charge in [0.05, 0.1) is 0 Å². The summed E-state index contributed by atoms with van der Waals surface area (Å²) in [5, 5.41) is 3.40. The summed E-state index contributed by atoms with van der Waals surface area (Å²) < 4.78 is 13.3. The van der Waals surface area contributed by atoms with Crippen LogP contribution in [0.4, 0.5) is 4.39 Å². The van der Waals surface area contributed by atoms with E-state index in [9.17, 15) is 4.39 Å². The van der Waals surface area contributed by atoms with E-state index in [4.69, 9.17) is 0 Å². The molecule has 1 aromatic rings. The zero-order chi connectivity index (χ0) is 13.8. The van der Waals surface area contributed by atoms with Gasteiger partial charge in [-0.3, -0.25) is 4.90 Å². The van der Waals surface area contributed by atoms with Crippen molar-refractivity contribution in [2.75, 3.05) is 26.2 Å². The molecule has 122 valence electrons. The molecule has 2 rings (SSSR count). The molecular formula is C16H27Cl2FN2. The third-order valence-corrected chi connectivity index (χ3v) is 3.88. The fourth-order valence-electron chi connectivity index (χ4n) is 2.93. The fourth-order valence-corrected chi connectivity index (χ4v) is 2.93. The maximum atomic E-state index is 13.3. The Morgan fingerprint density at radius 1 is 1.19 bits per heavy atom. The third-order valence-electron chi connectivity index (χ3n) is 3.88. The van der Waals surface area contributed by atoms with Crippen LogP contribution in [-0.4, -0.2) is 31.1 Å². The first kappa shape index (κ1) is 20.6. The summed E-state index contributed by atoms with van der Waals surface area (Å²) in [4.78, 5) is 2.54. The van der Waals surface area contributed by atoms with Crippen molar-refractivity contribution in [2.24, 2.45) is 5.92 Å². The molecule has 1 atom stereocenters. The molecule has 1 N–H and O–H groups in total. The van der Waals surface area contributed by atoms with E-state index in [-0.39, 0.29) is 30.6 Å². The Balaban J connectivity index is 0.00000200. The zero-order valence-corrected chi connectivity index (χ0v) is 14.7. The van der Waals surface area contributed by atoms with E-state index in [0.29, 0.717) is 12.0 Å². The molecule has 0 bridgehead atoms. The predicted molar refractivity (Wildman–Crippen MR) is 92.3 cm³/mol. The van der Waals surface area contributed by atoms with Crippen molar-refractivity contribution >= 4 is 24.8 Å². The van der Waals surface area contributed by atoms with Gasteiger partial charge in [-0.2, -0.15) is 0 Å². The van der Waals surface area contributed by atoms with Crippen LogP contribution in [0.15, 0.2) is 18.2 Å². The van der Waals surface area contributed by atoms with E-state index in [0.717, 1.165) is 38.2 Å². The summed E-state index contributed by atoms with van der Waals surface area (Å²) in [6.45, 7) is 10.8. The zero-order valence-electron chi connectivity index (χ0n) is 13.1. The molecule has 0 aromatic heterocycles. The molecule has 1 aliphatic heterocycles. The van der Waals surface area contributed by atoms with Gasteiger partial charge in [0.25, 0.3) is 0 Å². The Morgan fingerprint density at radius 2 is 1.81 bits per heavy atom. The largest absolute Gasteiger partial charge is 0.314 e. The van der Waals surface area contributed by atoms with Crippen molar-refractivity contribution in [2.45, 2.75) is 33.2 Å². The number of benzene rings is 1. The molecule has 2 nitrogen and oxygen atoms in total. The molecule has 1 fully saturated rings. The number of piperazine rings is 1. The van der Waals surface area contributed by atoms with Gasteiger partial charge in [0.15, 0.2) is 0 Å². The number of hydrogen-bond donors (Lipinski definition) is 1. The highest BCUT2D eigenvalue weighted by atomic mass is 35.5. The van der Waals surface area contributed by atoms with Gasteiger partial charge >= 0.3 is 0 Å². The standard InChI is InChI=1S/C16H25FN2.2ClH/c1-12(2)10-16(19-8-6-18-7-9-19)15-5-4-14(17)11-13(15)3;;/h4-5,11-12,16,18H,6-10H2,1-3H3;2*1H/t16-;;/m0../s1. The molecule has 1 saturated heterocycles. The van der Waals surface area contributed by atoms with E-state index in [1.165, 1.54) is 5.56 Å². The maximum Gasteiger partial charge on any atom is 0.123 e. The highest BCUT2D eigenvalue weighted by Gasteiger charge is 2.24. The lowest BCUT2D eigenvalue weighted by atomic mass is 9.92. The van der Waals surface area contributed by atoms with Gasteiger partial charge < -0.3 is 5.32 Å². The fraction of sp³-hybridized carbons (Fsp3) is 0.625. The average Bonchev–Trinajstić information content (AvgIpc) is 2.37. The van der Waals surface area contributed by atoms with Crippen LogP contribution in [0.25, 0.3) is 0 Å². The molecular weight excluding hydrogens is 310 g/mol. The van der Waals surface area contributed by atoms with E-state index in [1.807, 2.05) is 13.0 Å². The smallest absolute Gasteiger partial charge is 0.123 e. The minimum atomic E-state index is -0.134. The maximum absolute atomic E-state index is 13.3. The monoisotopic (exact) mass is 336 g/mol. The summed E-state index contributed by atoms with van der Waals surface area (Å²) in [6.07, 6.45) is 1.13. The normalized spacial score (nSPS) is 17.0. The second-order valence-corrected chi connectivity index (χ2v) is 5.93. The number of hydrogen-bond acceptors (Lipinski definition) is 2. The quantitative estimate of drug-likeness (QED) is 0.894. The third kappa shape index (κ3) is 5.74. The van der Waals surface area contributed by atoms with Gasteiger partial charge in [-0.25, -0.2) is 4.39 Å². The average molecular weight is 337 g/mol. The van der Waals surface area contributed by atoms with Gasteiger partial charge in [0.2, 0.25) is 0 Å². The van der Waals surface area contributed by atoms with E-state index in [2.05, 4.69) is 24.1 Å². The summed E-state index contributed by atoms with van der Waals surface area (Å²) in [7, 11) is 0. The Kier molecular flexibility index (Phi) is 9.46. The molecule has 1 heterocycles. The summed E-state index contributed by atoms with van der Waals surface area (Å²) in [5.41, 5.74) is 2.36. The minimum Gasteiger partial charge on any atom is -0.314 e. The van der Waals surface area contributed by atoms with Gasteiger partial charge in [-0.05, 0) is 42.5 Å². The molecule has 0 saturated carbocycles. The molecule has 21 heavy (non-hydrogen) atoms. The first-order valence-electron chi connectivity index (χ1n) is 7.28.